The maximum Gasteiger partial charge on any atom is 0.0413 e. The van der Waals surface area contributed by atoms with Crippen molar-refractivity contribution in [1.29, 1.82) is 0 Å². The van der Waals surface area contributed by atoms with Crippen LogP contribution in [0.15, 0.2) is 173 Å². The summed E-state index contributed by atoms with van der Waals surface area (Å²) in [6, 6.07) is 47.2. The van der Waals surface area contributed by atoms with E-state index < -0.39 is 0 Å². The minimum absolute atomic E-state index is 1.24. The molecule has 0 saturated carbocycles. The van der Waals surface area contributed by atoms with Crippen LogP contribution < -0.4 is 0 Å². The molecular formula is C30H22S4. The van der Waals surface area contributed by atoms with Crippen molar-refractivity contribution in [3.05, 3.63) is 133 Å². The standard InChI is InChI=1S/C30H22S4/c1-5-13-23(14-6-1)31-27-21-22-28(32-24-15-7-2-8-16-24)30(34-26-19-11-4-12-20-26)29(27)33-25-17-9-3-10-18-25/h1-22H. The van der Waals surface area contributed by atoms with Crippen LogP contribution in [0.4, 0.5) is 0 Å². The summed E-state index contributed by atoms with van der Waals surface area (Å²) in [5.74, 6) is 0. The van der Waals surface area contributed by atoms with E-state index in [4.69, 9.17) is 0 Å². The molecule has 5 aromatic rings. The number of rotatable bonds is 8. The zero-order valence-electron chi connectivity index (χ0n) is 18.3. The summed E-state index contributed by atoms with van der Waals surface area (Å²) >= 11 is 7.36. The molecule has 0 radical (unpaired) electrons. The van der Waals surface area contributed by atoms with E-state index >= 15 is 0 Å². The molecule has 0 bridgehead atoms. The van der Waals surface area contributed by atoms with Crippen LogP contribution in [0.3, 0.4) is 0 Å². The van der Waals surface area contributed by atoms with Gasteiger partial charge < -0.3 is 0 Å². The van der Waals surface area contributed by atoms with E-state index in [0.717, 1.165) is 0 Å². The van der Waals surface area contributed by atoms with Crippen molar-refractivity contribution in [2.24, 2.45) is 0 Å². The average Bonchev–Trinajstić information content (AvgIpc) is 2.90. The van der Waals surface area contributed by atoms with Crippen LogP contribution in [0.25, 0.3) is 0 Å². The molecule has 0 nitrogen and oxygen atoms in total. The summed E-state index contributed by atoms with van der Waals surface area (Å²) in [6.07, 6.45) is 0. The predicted octanol–water partition coefficient (Wildman–Crippen LogP) is 10.3. The summed E-state index contributed by atoms with van der Waals surface area (Å²) in [5, 5.41) is 0. The van der Waals surface area contributed by atoms with Gasteiger partial charge in [-0.2, -0.15) is 0 Å². The highest BCUT2D eigenvalue weighted by molar-refractivity contribution is 8.05. The maximum atomic E-state index is 2.28. The molecule has 5 aromatic carbocycles. The molecule has 4 heteroatoms. The third-order valence-electron chi connectivity index (χ3n) is 4.91. The number of benzene rings is 5. The van der Waals surface area contributed by atoms with Crippen molar-refractivity contribution >= 4 is 47.0 Å². The molecule has 0 heterocycles. The van der Waals surface area contributed by atoms with Crippen LogP contribution in [0.5, 0.6) is 0 Å². The van der Waals surface area contributed by atoms with E-state index in [9.17, 15) is 0 Å². The molecule has 0 aliphatic rings. The summed E-state index contributed by atoms with van der Waals surface area (Å²) in [7, 11) is 0. The molecule has 0 aliphatic carbocycles. The molecule has 5 rings (SSSR count). The second kappa shape index (κ2) is 11.8. The Kier molecular flexibility index (Phi) is 8.05. The Morgan fingerprint density at radius 2 is 0.529 bits per heavy atom. The van der Waals surface area contributed by atoms with Crippen LogP contribution in [0, 0.1) is 0 Å². The molecule has 0 amide bonds. The van der Waals surface area contributed by atoms with E-state index in [-0.39, 0.29) is 0 Å². The van der Waals surface area contributed by atoms with Crippen molar-refractivity contribution in [3.8, 4) is 0 Å². The lowest BCUT2D eigenvalue weighted by Crippen LogP contribution is -1.89. The van der Waals surface area contributed by atoms with Gasteiger partial charge in [-0.3, -0.25) is 0 Å². The van der Waals surface area contributed by atoms with Crippen molar-refractivity contribution in [1.82, 2.24) is 0 Å². The monoisotopic (exact) mass is 510 g/mol. The van der Waals surface area contributed by atoms with Gasteiger partial charge in [0.15, 0.2) is 0 Å². The summed E-state index contributed by atoms with van der Waals surface area (Å²) in [6.45, 7) is 0. The van der Waals surface area contributed by atoms with Gasteiger partial charge in [-0.05, 0) is 60.7 Å². The van der Waals surface area contributed by atoms with Gasteiger partial charge in [-0.15, -0.1) is 0 Å². The highest BCUT2D eigenvalue weighted by atomic mass is 32.2. The fourth-order valence-corrected chi connectivity index (χ4v) is 7.76. The SMILES string of the molecule is c1ccc(Sc2ccc(Sc3ccccc3)c(Sc3ccccc3)c2Sc2ccccc2)cc1. The first kappa shape index (κ1) is 23.3. The molecule has 0 saturated heterocycles. The average molecular weight is 511 g/mol. The number of hydrogen-bond donors (Lipinski definition) is 0. The van der Waals surface area contributed by atoms with Crippen LogP contribution in [0.2, 0.25) is 0 Å². The smallest absolute Gasteiger partial charge is 0.0413 e. The Morgan fingerprint density at radius 3 is 0.824 bits per heavy atom. The van der Waals surface area contributed by atoms with Gasteiger partial charge in [0.25, 0.3) is 0 Å². The van der Waals surface area contributed by atoms with Gasteiger partial charge in [-0.25, -0.2) is 0 Å². The van der Waals surface area contributed by atoms with Crippen molar-refractivity contribution in [2.75, 3.05) is 0 Å². The topological polar surface area (TPSA) is 0 Å². The molecule has 0 spiro atoms. The minimum atomic E-state index is 1.24. The van der Waals surface area contributed by atoms with Gasteiger partial charge in [0.1, 0.15) is 0 Å². The van der Waals surface area contributed by atoms with Crippen LogP contribution in [-0.2, 0) is 0 Å². The fraction of sp³-hybridized carbons (Fsp3) is 0. The highest BCUT2D eigenvalue weighted by Crippen LogP contribution is 2.50. The molecule has 0 aromatic heterocycles. The summed E-state index contributed by atoms with van der Waals surface area (Å²) in [4.78, 5) is 10.1. The minimum Gasteiger partial charge on any atom is -0.0889 e. The summed E-state index contributed by atoms with van der Waals surface area (Å²) < 4.78 is 0. The Balaban J connectivity index is 1.63. The molecule has 0 fully saturated rings. The van der Waals surface area contributed by atoms with E-state index in [2.05, 4.69) is 133 Å². The fourth-order valence-electron chi connectivity index (χ4n) is 3.32. The van der Waals surface area contributed by atoms with E-state index in [1.807, 2.05) is 47.0 Å². The molecule has 0 aliphatic heterocycles. The quantitative estimate of drug-likeness (QED) is 0.203. The van der Waals surface area contributed by atoms with E-state index in [1.54, 1.807) is 0 Å². The molecular weight excluding hydrogens is 489 g/mol. The van der Waals surface area contributed by atoms with Crippen molar-refractivity contribution in [2.45, 2.75) is 39.2 Å². The second-order valence-corrected chi connectivity index (χ2v) is 11.8. The van der Waals surface area contributed by atoms with Gasteiger partial charge >= 0.3 is 0 Å². The Bertz CT molecular complexity index is 1220. The third kappa shape index (κ3) is 6.13. The van der Waals surface area contributed by atoms with Crippen LogP contribution in [0.1, 0.15) is 0 Å². The molecule has 34 heavy (non-hydrogen) atoms. The first-order valence-corrected chi connectivity index (χ1v) is 14.2. The van der Waals surface area contributed by atoms with Crippen molar-refractivity contribution in [3.63, 3.8) is 0 Å². The lowest BCUT2D eigenvalue weighted by molar-refractivity contribution is 1.03. The van der Waals surface area contributed by atoms with Crippen molar-refractivity contribution < 1.29 is 0 Å². The van der Waals surface area contributed by atoms with Gasteiger partial charge in [0, 0.05) is 39.2 Å². The summed E-state index contributed by atoms with van der Waals surface area (Å²) in [5.41, 5.74) is 0. The Hall–Kier alpha value is -2.50. The maximum absolute atomic E-state index is 2.28. The van der Waals surface area contributed by atoms with E-state index in [1.165, 1.54) is 39.2 Å². The Morgan fingerprint density at radius 1 is 0.265 bits per heavy atom. The zero-order valence-corrected chi connectivity index (χ0v) is 21.6. The van der Waals surface area contributed by atoms with Crippen LogP contribution >= 0.6 is 47.0 Å². The third-order valence-corrected chi connectivity index (χ3v) is 9.70. The first-order valence-electron chi connectivity index (χ1n) is 10.9. The molecule has 0 N–H and O–H groups in total. The first-order chi connectivity index (χ1) is 16.8. The zero-order chi connectivity index (χ0) is 23.0. The normalized spacial score (nSPS) is 10.8. The lowest BCUT2D eigenvalue weighted by atomic mass is 10.3. The Labute approximate surface area is 218 Å². The largest absolute Gasteiger partial charge is 0.0889 e. The van der Waals surface area contributed by atoms with Crippen LogP contribution in [-0.4, -0.2) is 0 Å². The van der Waals surface area contributed by atoms with E-state index in [0.29, 0.717) is 0 Å². The van der Waals surface area contributed by atoms with Gasteiger partial charge in [0.2, 0.25) is 0 Å². The van der Waals surface area contributed by atoms with Gasteiger partial charge in [-0.1, -0.05) is 120 Å². The predicted molar refractivity (Wildman–Crippen MR) is 149 cm³/mol. The molecule has 0 atom stereocenters. The second-order valence-electron chi connectivity index (χ2n) is 7.38. The molecule has 166 valence electrons. The van der Waals surface area contributed by atoms with Gasteiger partial charge in [0.05, 0.1) is 0 Å². The molecule has 0 unspecified atom stereocenters. The number of hydrogen-bond acceptors (Lipinski definition) is 4. The highest BCUT2D eigenvalue weighted by Gasteiger charge is 2.18. The lowest BCUT2D eigenvalue weighted by Gasteiger charge is -2.18.